The van der Waals surface area contributed by atoms with Gasteiger partial charge in [-0.3, -0.25) is 10.1 Å². The molecule has 4 nitrogen and oxygen atoms in total. The molecule has 1 amide bonds. The molecule has 4 heteroatoms. The molecule has 0 fully saturated rings. The van der Waals surface area contributed by atoms with Crippen molar-refractivity contribution in [3.8, 4) is 0 Å². The van der Waals surface area contributed by atoms with Crippen molar-refractivity contribution in [3.63, 3.8) is 0 Å². The molecule has 2 atom stereocenters. The molecule has 0 aliphatic carbocycles. The monoisotopic (exact) mass is 362 g/mol. The predicted molar refractivity (Wildman–Crippen MR) is 107 cm³/mol. The molecule has 2 aromatic carbocycles. The molecular weight excluding hydrogens is 336 g/mol. The minimum atomic E-state index is -0.163. The van der Waals surface area contributed by atoms with Crippen LogP contribution in [0.2, 0.25) is 0 Å². The lowest BCUT2D eigenvalue weighted by Gasteiger charge is -2.19. The first-order chi connectivity index (χ1) is 13.0. The van der Waals surface area contributed by atoms with Gasteiger partial charge in [-0.1, -0.05) is 48.5 Å². The van der Waals surface area contributed by atoms with Crippen LogP contribution in [0.4, 0.5) is 0 Å². The van der Waals surface area contributed by atoms with Gasteiger partial charge < -0.3 is 9.73 Å². The van der Waals surface area contributed by atoms with Gasteiger partial charge in [-0.25, -0.2) is 0 Å². The minimum absolute atomic E-state index is 0.0441. The Labute approximate surface area is 160 Å². The SMILES string of the molecule is Cc1ccc([C@@H](C)NC(=O)CN[C@H](c2ccccc2)c2ccco2)cc1C. The molecular formula is C23H26N2O2. The number of furan rings is 1. The summed E-state index contributed by atoms with van der Waals surface area (Å²) in [4.78, 5) is 12.5. The summed E-state index contributed by atoms with van der Waals surface area (Å²) in [5.41, 5.74) is 4.65. The second kappa shape index (κ2) is 8.69. The van der Waals surface area contributed by atoms with Crippen molar-refractivity contribution < 1.29 is 9.21 Å². The van der Waals surface area contributed by atoms with E-state index in [0.29, 0.717) is 0 Å². The molecule has 0 bridgehead atoms. The van der Waals surface area contributed by atoms with Crippen LogP contribution in [0, 0.1) is 13.8 Å². The Bertz CT molecular complexity index is 873. The maximum absolute atomic E-state index is 12.5. The fourth-order valence-electron chi connectivity index (χ4n) is 3.09. The Morgan fingerprint density at radius 1 is 0.963 bits per heavy atom. The molecule has 1 heterocycles. The highest BCUT2D eigenvalue weighted by atomic mass is 16.3. The quantitative estimate of drug-likeness (QED) is 0.653. The number of rotatable bonds is 7. The van der Waals surface area contributed by atoms with Crippen molar-refractivity contribution in [3.05, 3.63) is 94.9 Å². The van der Waals surface area contributed by atoms with Crippen LogP contribution in [0.15, 0.2) is 71.3 Å². The normalized spacial score (nSPS) is 13.1. The van der Waals surface area contributed by atoms with E-state index in [2.05, 4.69) is 42.7 Å². The first-order valence-corrected chi connectivity index (χ1v) is 9.23. The number of nitrogens with one attached hydrogen (secondary N) is 2. The van der Waals surface area contributed by atoms with E-state index in [1.165, 1.54) is 11.1 Å². The molecule has 140 valence electrons. The van der Waals surface area contributed by atoms with Crippen molar-refractivity contribution >= 4 is 5.91 Å². The van der Waals surface area contributed by atoms with Gasteiger partial charge in [0.25, 0.3) is 0 Å². The lowest BCUT2D eigenvalue weighted by atomic mass is 10.0. The number of aryl methyl sites for hydroxylation is 2. The van der Waals surface area contributed by atoms with Crippen LogP contribution in [0.5, 0.6) is 0 Å². The number of carbonyl (C=O) groups is 1. The van der Waals surface area contributed by atoms with Gasteiger partial charge >= 0.3 is 0 Å². The highest BCUT2D eigenvalue weighted by molar-refractivity contribution is 5.78. The van der Waals surface area contributed by atoms with Crippen LogP contribution in [0.1, 0.15) is 47.0 Å². The number of hydrogen-bond acceptors (Lipinski definition) is 3. The summed E-state index contributed by atoms with van der Waals surface area (Å²) in [6.45, 7) is 6.38. The molecule has 0 aliphatic rings. The first-order valence-electron chi connectivity index (χ1n) is 9.23. The summed E-state index contributed by atoms with van der Waals surface area (Å²) in [5.74, 6) is 0.740. The largest absolute Gasteiger partial charge is 0.467 e. The zero-order chi connectivity index (χ0) is 19.2. The van der Waals surface area contributed by atoms with Gasteiger partial charge in [-0.05, 0) is 55.2 Å². The maximum Gasteiger partial charge on any atom is 0.234 e. The molecule has 3 aromatic rings. The van der Waals surface area contributed by atoms with E-state index in [0.717, 1.165) is 16.9 Å². The molecule has 2 N–H and O–H groups in total. The van der Waals surface area contributed by atoms with Gasteiger partial charge in [-0.2, -0.15) is 0 Å². The van der Waals surface area contributed by atoms with Crippen molar-refractivity contribution in [1.82, 2.24) is 10.6 Å². The highest BCUT2D eigenvalue weighted by Gasteiger charge is 2.18. The number of hydrogen-bond donors (Lipinski definition) is 2. The van der Waals surface area contributed by atoms with Crippen LogP contribution in [-0.2, 0) is 4.79 Å². The average molecular weight is 362 g/mol. The highest BCUT2D eigenvalue weighted by Crippen LogP contribution is 2.22. The number of benzene rings is 2. The lowest BCUT2D eigenvalue weighted by molar-refractivity contribution is -0.121. The number of amides is 1. The van der Waals surface area contributed by atoms with Crippen molar-refractivity contribution in [2.75, 3.05) is 6.54 Å². The van der Waals surface area contributed by atoms with E-state index in [1.807, 2.05) is 49.4 Å². The summed E-state index contributed by atoms with van der Waals surface area (Å²) in [7, 11) is 0. The van der Waals surface area contributed by atoms with Gasteiger partial charge in [0.15, 0.2) is 0 Å². The fraction of sp³-hybridized carbons (Fsp3) is 0.261. The molecule has 1 aromatic heterocycles. The molecule has 0 radical (unpaired) electrons. The van der Waals surface area contributed by atoms with Crippen LogP contribution in [0.25, 0.3) is 0 Å². The Morgan fingerprint density at radius 2 is 1.74 bits per heavy atom. The van der Waals surface area contributed by atoms with Crippen LogP contribution < -0.4 is 10.6 Å². The predicted octanol–water partition coefficient (Wildman–Crippen LogP) is 4.45. The molecule has 0 unspecified atom stereocenters. The molecule has 0 aliphatic heterocycles. The average Bonchev–Trinajstić information content (AvgIpc) is 3.19. The molecule has 3 rings (SSSR count). The van der Waals surface area contributed by atoms with E-state index < -0.39 is 0 Å². The molecule has 0 spiro atoms. The van der Waals surface area contributed by atoms with E-state index in [4.69, 9.17) is 4.42 Å². The zero-order valence-corrected chi connectivity index (χ0v) is 16.0. The zero-order valence-electron chi connectivity index (χ0n) is 16.0. The first kappa shape index (κ1) is 18.9. The Balaban J connectivity index is 1.63. The third kappa shape index (κ3) is 4.86. The van der Waals surface area contributed by atoms with E-state index in [1.54, 1.807) is 6.26 Å². The second-order valence-corrected chi connectivity index (χ2v) is 6.87. The third-order valence-corrected chi connectivity index (χ3v) is 4.84. The smallest absolute Gasteiger partial charge is 0.234 e. The van der Waals surface area contributed by atoms with Gasteiger partial charge in [0.2, 0.25) is 5.91 Å². The molecule has 0 saturated carbocycles. The maximum atomic E-state index is 12.5. The summed E-state index contributed by atoms with van der Waals surface area (Å²) < 4.78 is 5.56. The van der Waals surface area contributed by atoms with Gasteiger partial charge in [0.1, 0.15) is 5.76 Å². The summed E-state index contributed by atoms with van der Waals surface area (Å²) in [6.07, 6.45) is 1.65. The van der Waals surface area contributed by atoms with Gasteiger partial charge in [0, 0.05) is 0 Å². The summed E-state index contributed by atoms with van der Waals surface area (Å²) in [6, 6.07) is 19.8. The van der Waals surface area contributed by atoms with E-state index in [-0.39, 0.29) is 24.5 Å². The van der Waals surface area contributed by atoms with Crippen LogP contribution >= 0.6 is 0 Å². The molecule has 27 heavy (non-hydrogen) atoms. The van der Waals surface area contributed by atoms with Crippen LogP contribution in [-0.4, -0.2) is 12.5 Å². The van der Waals surface area contributed by atoms with Crippen molar-refractivity contribution in [2.45, 2.75) is 32.9 Å². The minimum Gasteiger partial charge on any atom is -0.467 e. The van der Waals surface area contributed by atoms with Crippen LogP contribution in [0.3, 0.4) is 0 Å². The molecule has 0 saturated heterocycles. The van der Waals surface area contributed by atoms with Crippen molar-refractivity contribution in [2.24, 2.45) is 0 Å². The van der Waals surface area contributed by atoms with Gasteiger partial charge in [0.05, 0.1) is 24.9 Å². The lowest BCUT2D eigenvalue weighted by Crippen LogP contribution is -2.37. The Kier molecular flexibility index (Phi) is 6.09. The topological polar surface area (TPSA) is 54.3 Å². The summed E-state index contributed by atoms with van der Waals surface area (Å²) in [5, 5.41) is 6.37. The van der Waals surface area contributed by atoms with E-state index >= 15 is 0 Å². The van der Waals surface area contributed by atoms with E-state index in [9.17, 15) is 4.79 Å². The summed E-state index contributed by atoms with van der Waals surface area (Å²) >= 11 is 0. The Hall–Kier alpha value is -2.85. The van der Waals surface area contributed by atoms with Crippen molar-refractivity contribution in [1.29, 1.82) is 0 Å². The standard InChI is InChI=1S/C23H26N2O2/c1-16-11-12-20(14-17(16)2)18(3)25-22(26)15-24-23(21-10-7-13-27-21)19-8-5-4-6-9-19/h4-14,18,23-24H,15H2,1-3H3,(H,25,26)/t18-,23-/m1/s1. The number of carbonyl (C=O) groups excluding carboxylic acids is 1. The Morgan fingerprint density at radius 3 is 2.41 bits per heavy atom. The second-order valence-electron chi connectivity index (χ2n) is 6.87. The van der Waals surface area contributed by atoms with Gasteiger partial charge in [-0.15, -0.1) is 0 Å². The third-order valence-electron chi connectivity index (χ3n) is 4.84. The fourth-order valence-corrected chi connectivity index (χ4v) is 3.09.